The quantitative estimate of drug-likeness (QED) is 0.0599. The number of nitrogens with one attached hydrogen (secondary N) is 3. The summed E-state index contributed by atoms with van der Waals surface area (Å²) in [4.78, 5) is 74.4. The van der Waals surface area contributed by atoms with E-state index in [1.165, 1.54) is 30.4 Å². The van der Waals surface area contributed by atoms with Gasteiger partial charge in [0.05, 0.1) is 11.1 Å². The Balaban J connectivity index is 1.73. The van der Waals surface area contributed by atoms with Crippen LogP contribution >= 0.6 is 0 Å². The van der Waals surface area contributed by atoms with Crippen molar-refractivity contribution in [2.75, 3.05) is 30.8 Å². The third kappa shape index (κ3) is 12.6. The Labute approximate surface area is 308 Å². The summed E-state index contributed by atoms with van der Waals surface area (Å²) in [6.45, 7) is 3.69. The fourth-order valence-electron chi connectivity index (χ4n) is 4.74. The molecule has 21 nitrogen and oxygen atoms in total. The van der Waals surface area contributed by atoms with Crippen molar-refractivity contribution in [1.29, 1.82) is 0 Å². The fourth-order valence-corrected chi connectivity index (χ4v) is 5.40. The topological polar surface area (TPSA) is 325 Å². The normalized spacial score (nSPS) is 23.5. The van der Waals surface area contributed by atoms with Crippen LogP contribution in [0.1, 0.15) is 32.8 Å². The fraction of sp³-hybridized carbons (Fsp3) is 0.500. The summed E-state index contributed by atoms with van der Waals surface area (Å²) >= 11 is 0. The van der Waals surface area contributed by atoms with Gasteiger partial charge < -0.3 is 60.6 Å². The highest BCUT2D eigenvalue weighted by Gasteiger charge is 2.48. The molecule has 298 valence electrons. The van der Waals surface area contributed by atoms with E-state index in [9.17, 15) is 67.3 Å². The minimum absolute atomic E-state index is 0.104. The van der Waals surface area contributed by atoms with Crippen molar-refractivity contribution < 1.29 is 81.5 Å². The molecule has 22 heteroatoms. The zero-order chi connectivity index (χ0) is 40.5. The Kier molecular flexibility index (Phi) is 14.8. The molecular formula is C32H42N4O17S. The SMILES string of the molecule is CC(C)(C)C(=O)OC/C=C/c1ccc(O[C@@H]2O[C@H](C(=O)O)[C@@H](O)[C@H](O)[C@H]2O)c(NC(=O)CCNC(=O)[C@H](CS(=O)(=O)O)NC(=O)CN2C(=O)C=CC2O)c1. The standard InChI is InChI=1S/C32H42N4O17S/c1-32(2,3)31(47)51-12-4-5-16-6-7-19(52-30-26(43)24(41)25(42)27(53-30)29(45)46)17(13-16)34-20(37)10-11-33-28(44)18(15-54(48,49)50)35-21(38)14-36-22(39)8-9-23(36)40/h4-9,13,18,22,24-27,30,39,41-43H,10-12,14-15H2,1-3H3,(H,33,44)(H,34,37)(H,35,38)(H,45,46)(H,48,49,50)/b5-4+/t18-,22?,24-,25-,26+,27-,30+/m0/s1. The first kappa shape index (κ1) is 43.4. The maximum Gasteiger partial charge on any atom is 0.335 e. The lowest BCUT2D eigenvalue weighted by atomic mass is 9.97. The van der Waals surface area contributed by atoms with E-state index in [4.69, 9.17) is 14.2 Å². The first-order chi connectivity index (χ1) is 25.1. The van der Waals surface area contributed by atoms with Gasteiger partial charge in [-0.25, -0.2) is 4.79 Å². The van der Waals surface area contributed by atoms with Crippen LogP contribution in [0.2, 0.25) is 0 Å². The number of aliphatic carboxylic acids is 1. The summed E-state index contributed by atoms with van der Waals surface area (Å²) < 4.78 is 48.4. The predicted octanol–water partition coefficient (Wildman–Crippen LogP) is -2.91. The number of carboxylic acids is 1. The summed E-state index contributed by atoms with van der Waals surface area (Å²) in [5, 5.41) is 56.5. The Hall–Kier alpha value is -4.97. The van der Waals surface area contributed by atoms with Gasteiger partial charge in [0.2, 0.25) is 29.9 Å². The van der Waals surface area contributed by atoms with E-state index in [0.29, 0.717) is 10.5 Å². The van der Waals surface area contributed by atoms with E-state index < -0.39 is 119 Å². The molecular weight excluding hydrogens is 744 g/mol. The Morgan fingerprint density at radius 2 is 1.72 bits per heavy atom. The first-order valence-corrected chi connectivity index (χ1v) is 17.7. The predicted molar refractivity (Wildman–Crippen MR) is 182 cm³/mol. The van der Waals surface area contributed by atoms with Gasteiger partial charge in [-0.2, -0.15) is 8.42 Å². The van der Waals surface area contributed by atoms with Crippen LogP contribution in [0.3, 0.4) is 0 Å². The summed E-state index contributed by atoms with van der Waals surface area (Å²) in [5.41, 5.74) is -0.445. The van der Waals surface area contributed by atoms with E-state index in [-0.39, 0.29) is 18.0 Å². The summed E-state index contributed by atoms with van der Waals surface area (Å²) in [6, 6.07) is 2.23. The number of carbonyl (C=O) groups is 6. The number of carboxylic acid groups (broad SMARTS) is 1. The van der Waals surface area contributed by atoms with Crippen LogP contribution in [0.5, 0.6) is 5.75 Å². The second-order valence-corrected chi connectivity index (χ2v) is 14.6. The third-order valence-corrected chi connectivity index (χ3v) is 8.33. The number of hydrogen-bond acceptors (Lipinski definition) is 15. The minimum Gasteiger partial charge on any atom is -0.479 e. The number of rotatable bonds is 16. The number of benzene rings is 1. The van der Waals surface area contributed by atoms with E-state index in [2.05, 4.69) is 10.6 Å². The van der Waals surface area contributed by atoms with Crippen LogP contribution in [-0.2, 0) is 48.4 Å². The van der Waals surface area contributed by atoms with Gasteiger partial charge in [0, 0.05) is 19.0 Å². The van der Waals surface area contributed by atoms with Crippen molar-refractivity contribution in [2.45, 2.75) is 70.2 Å². The van der Waals surface area contributed by atoms with Crippen LogP contribution in [0.4, 0.5) is 5.69 Å². The minimum atomic E-state index is -4.84. The average molecular weight is 787 g/mol. The molecule has 1 saturated heterocycles. The van der Waals surface area contributed by atoms with Gasteiger partial charge in [-0.1, -0.05) is 12.1 Å². The van der Waals surface area contributed by atoms with Crippen LogP contribution < -0.4 is 20.7 Å². The molecule has 0 radical (unpaired) electrons. The second kappa shape index (κ2) is 18.4. The van der Waals surface area contributed by atoms with E-state index >= 15 is 0 Å². The monoisotopic (exact) mass is 786 g/mol. The maximum atomic E-state index is 13.0. The first-order valence-electron chi connectivity index (χ1n) is 16.1. The van der Waals surface area contributed by atoms with Crippen molar-refractivity contribution in [2.24, 2.45) is 5.41 Å². The molecule has 0 bridgehead atoms. The lowest BCUT2D eigenvalue weighted by Crippen LogP contribution is -2.61. The average Bonchev–Trinajstić information content (AvgIpc) is 3.38. The molecule has 1 fully saturated rings. The number of aliphatic hydroxyl groups excluding tert-OH is 4. The number of esters is 1. The van der Waals surface area contributed by atoms with Crippen molar-refractivity contribution in [3.05, 3.63) is 42.0 Å². The number of carbonyl (C=O) groups excluding carboxylic acids is 5. The zero-order valence-corrected chi connectivity index (χ0v) is 30.0. The van der Waals surface area contributed by atoms with Gasteiger partial charge in [0.1, 0.15) is 55.2 Å². The van der Waals surface area contributed by atoms with Gasteiger partial charge >= 0.3 is 11.9 Å². The van der Waals surface area contributed by atoms with Gasteiger partial charge in [0.15, 0.2) is 6.10 Å². The highest BCUT2D eigenvalue weighted by Crippen LogP contribution is 2.31. The number of anilines is 1. The van der Waals surface area contributed by atoms with Crippen LogP contribution in [0.15, 0.2) is 36.4 Å². The molecule has 9 N–H and O–H groups in total. The molecule has 3 rings (SSSR count). The zero-order valence-electron chi connectivity index (χ0n) is 29.1. The lowest BCUT2D eigenvalue weighted by molar-refractivity contribution is -0.271. The Bertz CT molecular complexity index is 1760. The van der Waals surface area contributed by atoms with Crippen LogP contribution in [0, 0.1) is 5.41 Å². The molecule has 1 aromatic carbocycles. The summed E-state index contributed by atoms with van der Waals surface area (Å²) in [6.07, 6.45) is -6.61. The number of hydrogen-bond donors (Lipinski definition) is 9. The molecule has 2 aliphatic rings. The van der Waals surface area contributed by atoms with Gasteiger partial charge in [-0.05, 0) is 50.6 Å². The molecule has 54 heavy (non-hydrogen) atoms. The molecule has 0 aromatic heterocycles. The number of amides is 4. The number of aliphatic hydroxyl groups is 4. The molecule has 1 aromatic rings. The summed E-state index contributed by atoms with van der Waals surface area (Å²) in [5.74, 6) is -7.32. The highest BCUT2D eigenvalue weighted by atomic mass is 32.2. The van der Waals surface area contributed by atoms with E-state index in [1.807, 2.05) is 5.32 Å². The van der Waals surface area contributed by atoms with Crippen LogP contribution in [-0.4, -0.2) is 147 Å². The van der Waals surface area contributed by atoms with E-state index in [1.54, 1.807) is 20.8 Å². The third-order valence-electron chi connectivity index (χ3n) is 7.57. The lowest BCUT2D eigenvalue weighted by Gasteiger charge is -2.38. The number of nitrogens with zero attached hydrogens (tertiary/aromatic N) is 1. The van der Waals surface area contributed by atoms with Crippen molar-refractivity contribution >= 4 is 57.4 Å². The van der Waals surface area contributed by atoms with E-state index in [0.717, 1.165) is 12.2 Å². The second-order valence-electron chi connectivity index (χ2n) is 13.1. The molecule has 0 aliphatic carbocycles. The largest absolute Gasteiger partial charge is 0.479 e. The van der Waals surface area contributed by atoms with Gasteiger partial charge in [-0.3, -0.25) is 28.5 Å². The van der Waals surface area contributed by atoms with Gasteiger partial charge in [0.25, 0.3) is 10.1 Å². The smallest absolute Gasteiger partial charge is 0.335 e. The van der Waals surface area contributed by atoms with Crippen molar-refractivity contribution in [3.8, 4) is 5.75 Å². The Morgan fingerprint density at radius 3 is 2.31 bits per heavy atom. The molecule has 2 heterocycles. The number of ether oxygens (including phenoxy) is 3. The molecule has 0 spiro atoms. The summed E-state index contributed by atoms with van der Waals surface area (Å²) in [7, 11) is -4.84. The van der Waals surface area contributed by atoms with Crippen molar-refractivity contribution in [1.82, 2.24) is 15.5 Å². The molecule has 2 aliphatic heterocycles. The maximum absolute atomic E-state index is 13.0. The molecule has 0 saturated carbocycles. The van der Waals surface area contributed by atoms with Gasteiger partial charge in [-0.15, -0.1) is 0 Å². The van der Waals surface area contributed by atoms with Crippen molar-refractivity contribution in [3.63, 3.8) is 0 Å². The molecule has 7 atom stereocenters. The highest BCUT2D eigenvalue weighted by molar-refractivity contribution is 7.85. The van der Waals surface area contributed by atoms with Crippen LogP contribution in [0.25, 0.3) is 6.08 Å². The molecule has 1 unspecified atom stereocenters. The molecule has 4 amide bonds. The Morgan fingerprint density at radius 1 is 1.04 bits per heavy atom.